The van der Waals surface area contributed by atoms with E-state index in [1.165, 1.54) is 11.6 Å². The molecule has 1 saturated carbocycles. The quantitative estimate of drug-likeness (QED) is 0.551. The van der Waals surface area contributed by atoms with Gasteiger partial charge in [-0.3, -0.25) is 0 Å². The molecule has 1 unspecified atom stereocenters. The molecule has 2 aliphatic rings. The van der Waals surface area contributed by atoms with Crippen LogP contribution in [0.25, 0.3) is 16.5 Å². The van der Waals surface area contributed by atoms with Crippen LogP contribution in [0, 0.1) is 16.8 Å². The first kappa shape index (κ1) is 22.7. The molecule has 1 N–H and O–H groups in total. The minimum Gasteiger partial charge on any atom is -0.478 e. The minimum absolute atomic E-state index is 0.109. The molecule has 1 atom stereocenters. The predicted octanol–water partition coefficient (Wildman–Crippen LogP) is 6.51. The lowest BCUT2D eigenvalue weighted by atomic mass is 9.62. The summed E-state index contributed by atoms with van der Waals surface area (Å²) < 4.78 is 22.4. The molecule has 2 fully saturated rings. The van der Waals surface area contributed by atoms with Crippen LogP contribution in [0.5, 0.6) is 0 Å². The lowest BCUT2D eigenvalue weighted by Crippen LogP contribution is -2.30. The van der Waals surface area contributed by atoms with Gasteiger partial charge in [-0.25, -0.2) is 9.48 Å². The zero-order valence-electron chi connectivity index (χ0n) is 19.4. The Morgan fingerprint density at radius 2 is 1.91 bits per heavy atom. The summed E-state index contributed by atoms with van der Waals surface area (Å²) in [6.07, 6.45) is 8.33. The number of hydrogen-bond acceptors (Lipinski definition) is 3. The van der Waals surface area contributed by atoms with Gasteiger partial charge in [-0.1, -0.05) is 39.3 Å². The number of ether oxygens (including phenoxy) is 1. The molecule has 1 aliphatic carbocycles. The van der Waals surface area contributed by atoms with E-state index in [0.29, 0.717) is 17.5 Å². The van der Waals surface area contributed by atoms with Crippen LogP contribution in [0.15, 0.2) is 35.9 Å². The Morgan fingerprint density at radius 1 is 1.19 bits per heavy atom. The van der Waals surface area contributed by atoms with Crippen LogP contribution < -0.4 is 0 Å². The Bertz CT molecular complexity index is 1070. The van der Waals surface area contributed by atoms with Gasteiger partial charge in [-0.2, -0.15) is 4.39 Å². The van der Waals surface area contributed by atoms with Crippen LogP contribution in [-0.2, 0) is 9.53 Å². The average molecular weight is 441 g/mol. The molecule has 4 rings (SSSR count). The van der Waals surface area contributed by atoms with Crippen LogP contribution in [0.2, 0.25) is 0 Å². The van der Waals surface area contributed by atoms with Gasteiger partial charge >= 0.3 is 5.97 Å². The number of hydrogen-bond donors (Lipinski definition) is 1. The summed E-state index contributed by atoms with van der Waals surface area (Å²) in [6.45, 7) is 9.67. The Morgan fingerprint density at radius 3 is 2.53 bits per heavy atom. The second-order valence-corrected chi connectivity index (χ2v) is 10.8. The van der Waals surface area contributed by atoms with Gasteiger partial charge in [0.1, 0.15) is 0 Å². The van der Waals surface area contributed by atoms with Gasteiger partial charge in [0.15, 0.2) is 6.23 Å². The molecule has 0 spiro atoms. The lowest BCUT2D eigenvalue weighted by Gasteiger charge is -2.43. The van der Waals surface area contributed by atoms with E-state index < -0.39 is 11.9 Å². The molecule has 0 radical (unpaired) electrons. The highest BCUT2D eigenvalue weighted by molar-refractivity contribution is 5.90. The lowest BCUT2D eigenvalue weighted by molar-refractivity contribution is -0.131. The summed E-state index contributed by atoms with van der Waals surface area (Å²) in [5.41, 5.74) is 3.83. The van der Waals surface area contributed by atoms with E-state index in [1.807, 2.05) is 12.1 Å². The molecule has 32 heavy (non-hydrogen) atoms. The maximum Gasteiger partial charge on any atom is 0.328 e. The standard InChI is InChI=1S/C26H33FN2O3/c1-25(2)14-18(15-26(3,4)16-25)19(9-11-23(30)31)17-8-10-21-20(13-17)24(27)28-29(21)22-7-5-6-12-32-22/h8-11,13,22H,5-7,12,14-16H2,1-4H3,(H,30,31)/b11-9+. The summed E-state index contributed by atoms with van der Waals surface area (Å²) in [7, 11) is 0. The van der Waals surface area contributed by atoms with Crippen molar-refractivity contribution in [2.45, 2.75) is 72.4 Å². The first-order chi connectivity index (χ1) is 15.0. The fraction of sp³-hybridized carbons (Fsp3) is 0.538. The number of aromatic nitrogens is 2. The van der Waals surface area contributed by atoms with E-state index in [0.717, 1.165) is 49.7 Å². The van der Waals surface area contributed by atoms with Crippen LogP contribution in [0.4, 0.5) is 4.39 Å². The van der Waals surface area contributed by atoms with E-state index in [2.05, 4.69) is 32.8 Å². The fourth-order valence-corrected chi connectivity index (χ4v) is 5.81. The number of rotatable bonds is 4. The highest BCUT2D eigenvalue weighted by atomic mass is 19.1. The van der Waals surface area contributed by atoms with Crippen LogP contribution in [0.3, 0.4) is 0 Å². The van der Waals surface area contributed by atoms with E-state index in [9.17, 15) is 14.3 Å². The van der Waals surface area contributed by atoms with Crippen molar-refractivity contribution in [2.75, 3.05) is 6.61 Å². The number of carboxylic acids is 1. The Balaban J connectivity index is 1.82. The van der Waals surface area contributed by atoms with E-state index >= 15 is 0 Å². The van der Waals surface area contributed by atoms with Crippen molar-refractivity contribution in [1.29, 1.82) is 0 Å². The van der Waals surface area contributed by atoms with Gasteiger partial charge in [-0.05, 0) is 78.7 Å². The van der Waals surface area contributed by atoms with E-state index in [4.69, 9.17) is 4.74 Å². The van der Waals surface area contributed by atoms with Crippen LogP contribution in [-0.4, -0.2) is 27.5 Å². The topological polar surface area (TPSA) is 64.3 Å². The van der Waals surface area contributed by atoms with Crippen LogP contribution in [0.1, 0.15) is 78.0 Å². The summed E-state index contributed by atoms with van der Waals surface area (Å²) in [5, 5.41) is 13.9. The number of halogens is 1. The number of benzene rings is 1. The van der Waals surface area contributed by atoms with Gasteiger partial charge in [0, 0.05) is 12.7 Å². The van der Waals surface area contributed by atoms with Gasteiger partial charge in [-0.15, -0.1) is 5.10 Å². The van der Waals surface area contributed by atoms with Crippen molar-refractivity contribution in [3.05, 3.63) is 47.4 Å². The largest absolute Gasteiger partial charge is 0.478 e. The fourth-order valence-electron chi connectivity index (χ4n) is 5.81. The minimum atomic E-state index is -0.994. The van der Waals surface area contributed by atoms with Gasteiger partial charge in [0.05, 0.1) is 10.9 Å². The van der Waals surface area contributed by atoms with Gasteiger partial charge < -0.3 is 9.84 Å². The molecule has 6 heteroatoms. The predicted molar refractivity (Wildman–Crippen MR) is 124 cm³/mol. The van der Waals surface area contributed by atoms with Crippen molar-refractivity contribution in [3.8, 4) is 0 Å². The average Bonchev–Trinajstić information content (AvgIpc) is 3.02. The number of aliphatic carboxylic acids is 1. The number of carbonyl (C=O) groups is 1. The van der Waals surface area contributed by atoms with Crippen molar-refractivity contribution in [3.63, 3.8) is 0 Å². The molecule has 1 aliphatic heterocycles. The van der Waals surface area contributed by atoms with Crippen LogP contribution >= 0.6 is 0 Å². The number of nitrogens with zero attached hydrogens (tertiary/aromatic N) is 2. The summed E-state index contributed by atoms with van der Waals surface area (Å²) in [4.78, 5) is 11.3. The molecule has 5 nitrogen and oxygen atoms in total. The molecular weight excluding hydrogens is 407 g/mol. The SMILES string of the molecule is CC1(C)CC(=C(/C=C/C(=O)O)c2ccc3c(c2)c(F)nn3C2CCCCO2)CC(C)(C)C1. The monoisotopic (exact) mass is 440 g/mol. The zero-order chi connectivity index (χ0) is 23.1. The van der Waals surface area contributed by atoms with Crippen molar-refractivity contribution in [1.82, 2.24) is 9.78 Å². The molecule has 0 bridgehead atoms. The third-order valence-corrected chi connectivity index (χ3v) is 6.52. The highest BCUT2D eigenvalue weighted by Crippen LogP contribution is 2.50. The first-order valence-electron chi connectivity index (χ1n) is 11.5. The Kier molecular flexibility index (Phi) is 6.01. The molecule has 1 aromatic carbocycles. The van der Waals surface area contributed by atoms with Crippen molar-refractivity contribution >= 4 is 22.4 Å². The molecular formula is C26H33FN2O3. The van der Waals surface area contributed by atoms with Crippen molar-refractivity contribution < 1.29 is 19.0 Å². The maximum absolute atomic E-state index is 14.9. The summed E-state index contributed by atoms with van der Waals surface area (Å²) in [6, 6.07) is 5.64. The second kappa shape index (κ2) is 8.47. The van der Waals surface area contributed by atoms with E-state index in [-0.39, 0.29) is 17.1 Å². The molecule has 172 valence electrons. The van der Waals surface area contributed by atoms with Gasteiger partial charge in [0.25, 0.3) is 0 Å². The number of carboxylic acid groups (broad SMARTS) is 1. The highest BCUT2D eigenvalue weighted by Gasteiger charge is 2.36. The number of allylic oxidation sites excluding steroid dienone is 3. The maximum atomic E-state index is 14.9. The van der Waals surface area contributed by atoms with Crippen molar-refractivity contribution in [2.24, 2.45) is 10.8 Å². The number of fused-ring (bicyclic) bond motifs is 1. The zero-order valence-corrected chi connectivity index (χ0v) is 19.4. The van der Waals surface area contributed by atoms with Gasteiger partial charge in [0.2, 0.25) is 5.95 Å². The first-order valence-corrected chi connectivity index (χ1v) is 11.5. The Hall–Kier alpha value is -2.47. The third kappa shape index (κ3) is 4.80. The summed E-state index contributed by atoms with van der Waals surface area (Å²) >= 11 is 0. The third-order valence-electron chi connectivity index (χ3n) is 6.52. The second-order valence-electron chi connectivity index (χ2n) is 10.8. The molecule has 1 saturated heterocycles. The normalized spacial score (nSPS) is 23.0. The molecule has 0 amide bonds. The summed E-state index contributed by atoms with van der Waals surface area (Å²) in [5.74, 6) is -1.51. The smallest absolute Gasteiger partial charge is 0.328 e. The molecule has 1 aromatic heterocycles. The van der Waals surface area contributed by atoms with E-state index in [1.54, 1.807) is 16.8 Å². The Labute approximate surface area is 188 Å². The molecule has 2 aromatic rings. The molecule has 2 heterocycles.